The van der Waals surface area contributed by atoms with Gasteiger partial charge in [-0.05, 0) is 65.7 Å². The normalized spacial score (nSPS) is 14.6. The molecule has 0 saturated carbocycles. The number of nitrogens with one attached hydrogen (secondary N) is 1. The fourth-order valence-electron chi connectivity index (χ4n) is 3.30. The van der Waals surface area contributed by atoms with Crippen molar-refractivity contribution in [2.75, 3.05) is 13.1 Å². The summed E-state index contributed by atoms with van der Waals surface area (Å²) in [4.78, 5) is 12.5. The molecule has 4 N–H and O–H groups in total. The van der Waals surface area contributed by atoms with E-state index in [1.165, 1.54) is 0 Å². The number of carbonyl (C=O) groups is 1. The molecule has 28 heavy (non-hydrogen) atoms. The Balaban J connectivity index is 3.04. The number of phenolic OH excluding ortho intramolecular Hbond substituents is 1. The van der Waals surface area contributed by atoms with E-state index < -0.39 is 0 Å². The minimum absolute atomic E-state index is 0.0762. The Hall–Kier alpha value is -1.55. The molecule has 160 valence electrons. The predicted octanol–water partition coefficient (Wildman–Crippen LogP) is 5.09. The van der Waals surface area contributed by atoms with Crippen molar-refractivity contribution in [3.63, 3.8) is 0 Å². The minimum Gasteiger partial charge on any atom is -0.508 e. The van der Waals surface area contributed by atoms with Crippen LogP contribution in [0.25, 0.3) is 0 Å². The second kappa shape index (κ2) is 10.3. The van der Waals surface area contributed by atoms with Gasteiger partial charge in [0.05, 0.1) is 0 Å². The van der Waals surface area contributed by atoms with Crippen LogP contribution in [0.5, 0.6) is 5.75 Å². The van der Waals surface area contributed by atoms with Gasteiger partial charge < -0.3 is 16.2 Å². The first-order valence-electron chi connectivity index (χ1n) is 10.7. The molecular formula is C24H42N2O2. The van der Waals surface area contributed by atoms with Gasteiger partial charge in [-0.15, -0.1) is 0 Å². The lowest BCUT2D eigenvalue weighted by molar-refractivity contribution is -0.121. The Morgan fingerprint density at radius 1 is 1.14 bits per heavy atom. The largest absolute Gasteiger partial charge is 0.508 e. The predicted molar refractivity (Wildman–Crippen MR) is 119 cm³/mol. The molecule has 2 unspecified atom stereocenters. The number of benzene rings is 1. The van der Waals surface area contributed by atoms with Gasteiger partial charge in [-0.1, -0.05) is 60.6 Å². The Morgan fingerprint density at radius 2 is 1.79 bits per heavy atom. The Morgan fingerprint density at radius 3 is 2.32 bits per heavy atom. The Labute approximate surface area is 172 Å². The maximum absolute atomic E-state index is 12.5. The second-order valence-corrected chi connectivity index (χ2v) is 10.3. The summed E-state index contributed by atoms with van der Waals surface area (Å²) in [6.07, 6.45) is 3.29. The molecule has 0 aliphatic heterocycles. The van der Waals surface area contributed by atoms with Crippen LogP contribution in [-0.4, -0.2) is 24.1 Å². The first-order valence-corrected chi connectivity index (χ1v) is 10.7. The molecule has 0 spiro atoms. The lowest BCUT2D eigenvalue weighted by Gasteiger charge is -2.29. The van der Waals surface area contributed by atoms with Gasteiger partial charge in [0.15, 0.2) is 0 Å². The maximum atomic E-state index is 12.5. The van der Waals surface area contributed by atoms with Crippen LogP contribution in [0, 0.1) is 11.3 Å². The lowest BCUT2D eigenvalue weighted by Crippen LogP contribution is -2.28. The topological polar surface area (TPSA) is 75.4 Å². The number of hydrogen-bond donors (Lipinski definition) is 3. The van der Waals surface area contributed by atoms with Crippen molar-refractivity contribution < 1.29 is 9.90 Å². The zero-order valence-corrected chi connectivity index (χ0v) is 19.1. The molecule has 0 saturated heterocycles. The van der Waals surface area contributed by atoms with Crippen molar-refractivity contribution in [3.05, 3.63) is 29.3 Å². The van der Waals surface area contributed by atoms with Crippen LogP contribution in [0.2, 0.25) is 0 Å². The van der Waals surface area contributed by atoms with Crippen LogP contribution in [0.15, 0.2) is 18.2 Å². The van der Waals surface area contributed by atoms with Crippen molar-refractivity contribution in [2.45, 2.75) is 85.5 Å². The number of hydrogen-bond acceptors (Lipinski definition) is 3. The average Bonchev–Trinajstić information content (AvgIpc) is 2.57. The van der Waals surface area contributed by atoms with E-state index in [2.05, 4.69) is 59.8 Å². The van der Waals surface area contributed by atoms with Gasteiger partial charge in [-0.2, -0.15) is 0 Å². The standard InChI is InChI=1S/C24H42N2O2/c1-17(23(2,3)4)9-10-19(16-22(28)26-14-8-13-25)18-11-12-21(27)20(15-18)24(5,6)7/h11-12,15,17,19,27H,8-10,13-14,16,25H2,1-7H3,(H,26,28). The summed E-state index contributed by atoms with van der Waals surface area (Å²) >= 11 is 0. The van der Waals surface area contributed by atoms with E-state index in [-0.39, 0.29) is 22.7 Å². The summed E-state index contributed by atoms with van der Waals surface area (Å²) in [7, 11) is 0. The van der Waals surface area contributed by atoms with E-state index in [1.54, 1.807) is 6.07 Å². The van der Waals surface area contributed by atoms with Crippen molar-refractivity contribution >= 4 is 5.91 Å². The third kappa shape index (κ3) is 7.83. The number of phenols is 1. The quantitative estimate of drug-likeness (QED) is 0.514. The number of aromatic hydroxyl groups is 1. The molecule has 4 nitrogen and oxygen atoms in total. The van der Waals surface area contributed by atoms with Crippen LogP contribution in [0.3, 0.4) is 0 Å². The monoisotopic (exact) mass is 390 g/mol. The average molecular weight is 391 g/mol. The number of amides is 1. The van der Waals surface area contributed by atoms with E-state index in [9.17, 15) is 9.90 Å². The molecule has 0 aliphatic rings. The first kappa shape index (κ1) is 24.5. The maximum Gasteiger partial charge on any atom is 0.220 e. The molecule has 0 bridgehead atoms. The van der Waals surface area contributed by atoms with Gasteiger partial charge in [-0.3, -0.25) is 4.79 Å². The molecule has 0 aliphatic carbocycles. The molecule has 1 amide bonds. The SMILES string of the molecule is CC(CCC(CC(=O)NCCCN)c1ccc(O)c(C(C)(C)C)c1)C(C)(C)C. The van der Waals surface area contributed by atoms with Gasteiger partial charge in [0.2, 0.25) is 5.91 Å². The second-order valence-electron chi connectivity index (χ2n) is 10.3. The fraction of sp³-hybridized carbons (Fsp3) is 0.708. The van der Waals surface area contributed by atoms with Crippen LogP contribution in [0.1, 0.15) is 91.2 Å². The molecule has 0 aromatic heterocycles. The summed E-state index contributed by atoms with van der Waals surface area (Å²) in [5.74, 6) is 1.11. The van der Waals surface area contributed by atoms with Crippen LogP contribution < -0.4 is 11.1 Å². The van der Waals surface area contributed by atoms with Gasteiger partial charge in [-0.25, -0.2) is 0 Å². The van der Waals surface area contributed by atoms with Gasteiger partial charge in [0.1, 0.15) is 5.75 Å². The van der Waals surface area contributed by atoms with E-state index in [4.69, 9.17) is 5.73 Å². The fourth-order valence-corrected chi connectivity index (χ4v) is 3.30. The lowest BCUT2D eigenvalue weighted by atomic mass is 9.76. The van der Waals surface area contributed by atoms with E-state index in [0.717, 1.165) is 30.4 Å². The van der Waals surface area contributed by atoms with E-state index in [0.29, 0.717) is 31.2 Å². The smallest absolute Gasteiger partial charge is 0.220 e. The highest BCUT2D eigenvalue weighted by atomic mass is 16.3. The zero-order valence-electron chi connectivity index (χ0n) is 19.1. The number of nitrogens with two attached hydrogens (primary N) is 1. The highest BCUT2D eigenvalue weighted by Gasteiger charge is 2.25. The molecule has 1 aromatic rings. The molecule has 0 radical (unpaired) electrons. The molecule has 1 rings (SSSR count). The van der Waals surface area contributed by atoms with Crippen molar-refractivity contribution in [1.82, 2.24) is 5.32 Å². The van der Waals surface area contributed by atoms with E-state index >= 15 is 0 Å². The van der Waals surface area contributed by atoms with E-state index in [1.807, 2.05) is 6.07 Å². The molecule has 4 heteroatoms. The molecule has 1 aromatic carbocycles. The third-order valence-corrected chi connectivity index (χ3v) is 5.86. The third-order valence-electron chi connectivity index (χ3n) is 5.86. The minimum atomic E-state index is -0.146. The van der Waals surface area contributed by atoms with Crippen molar-refractivity contribution in [1.29, 1.82) is 0 Å². The first-order chi connectivity index (χ1) is 12.9. The summed E-state index contributed by atoms with van der Waals surface area (Å²) < 4.78 is 0. The summed E-state index contributed by atoms with van der Waals surface area (Å²) in [5, 5.41) is 13.3. The van der Waals surface area contributed by atoms with Crippen LogP contribution >= 0.6 is 0 Å². The molecular weight excluding hydrogens is 348 g/mol. The van der Waals surface area contributed by atoms with Crippen LogP contribution in [-0.2, 0) is 10.2 Å². The Bertz CT molecular complexity index is 626. The molecule has 0 fully saturated rings. The van der Waals surface area contributed by atoms with Gasteiger partial charge in [0, 0.05) is 13.0 Å². The molecule has 2 atom stereocenters. The highest BCUT2D eigenvalue weighted by molar-refractivity contribution is 5.76. The number of carbonyl (C=O) groups excluding carboxylic acids is 1. The van der Waals surface area contributed by atoms with Gasteiger partial charge >= 0.3 is 0 Å². The van der Waals surface area contributed by atoms with Crippen LogP contribution in [0.4, 0.5) is 0 Å². The highest BCUT2D eigenvalue weighted by Crippen LogP contribution is 2.37. The molecule has 0 heterocycles. The van der Waals surface area contributed by atoms with Crippen molar-refractivity contribution in [2.24, 2.45) is 17.1 Å². The Kier molecular flexibility index (Phi) is 9.00. The van der Waals surface area contributed by atoms with Crippen molar-refractivity contribution in [3.8, 4) is 5.75 Å². The zero-order chi connectivity index (χ0) is 21.5. The summed E-state index contributed by atoms with van der Waals surface area (Å²) in [6.45, 7) is 16.6. The van der Waals surface area contributed by atoms with Gasteiger partial charge in [0.25, 0.3) is 0 Å². The summed E-state index contributed by atoms with van der Waals surface area (Å²) in [6, 6.07) is 5.85. The summed E-state index contributed by atoms with van der Waals surface area (Å²) in [5.41, 5.74) is 7.70. The number of rotatable bonds is 9.